The molecule has 0 radical (unpaired) electrons. The first-order valence-electron chi connectivity index (χ1n) is 9.96. The molecule has 3 rings (SSSR count). The molecule has 0 bridgehead atoms. The minimum atomic E-state index is -0.541. The number of ether oxygens (including phenoxy) is 6. The summed E-state index contributed by atoms with van der Waals surface area (Å²) >= 11 is 5.69. The molecule has 0 saturated carbocycles. The van der Waals surface area contributed by atoms with Crippen LogP contribution in [0.2, 0.25) is 0 Å². The average Bonchev–Trinajstić information content (AvgIpc) is 2.80. The number of esters is 1. The number of anilines is 1. The number of halogens is 1. The lowest BCUT2D eigenvalue weighted by Crippen LogP contribution is -2.24. The van der Waals surface area contributed by atoms with Gasteiger partial charge in [0.2, 0.25) is 0 Å². The second-order valence-corrected chi connectivity index (χ2v) is 6.92. The number of rotatable bonds is 10. The number of para-hydroxylation sites is 2. The van der Waals surface area contributed by atoms with Gasteiger partial charge < -0.3 is 34.2 Å². The summed E-state index contributed by atoms with van der Waals surface area (Å²) in [5.41, 5.74) is 6.62. The first kappa shape index (κ1) is 23.0. The largest absolute Gasteiger partial charge is 0.487 e. The van der Waals surface area contributed by atoms with Crippen molar-refractivity contribution in [1.82, 2.24) is 0 Å². The smallest absolute Gasteiger partial charge is 0.338 e. The summed E-state index contributed by atoms with van der Waals surface area (Å²) in [6, 6.07) is 9.94. The van der Waals surface area contributed by atoms with Crippen LogP contribution >= 0.6 is 11.6 Å². The van der Waals surface area contributed by atoms with Gasteiger partial charge in [-0.25, -0.2) is 4.79 Å². The van der Waals surface area contributed by atoms with E-state index in [2.05, 4.69) is 0 Å². The molecule has 8 nitrogen and oxygen atoms in total. The van der Waals surface area contributed by atoms with E-state index < -0.39 is 5.97 Å². The van der Waals surface area contributed by atoms with E-state index in [0.29, 0.717) is 24.7 Å². The quantitative estimate of drug-likeness (QED) is 0.246. The van der Waals surface area contributed by atoms with Crippen LogP contribution in [0, 0.1) is 0 Å². The van der Waals surface area contributed by atoms with Crippen LogP contribution in [0.3, 0.4) is 0 Å². The van der Waals surface area contributed by atoms with Crippen molar-refractivity contribution >= 4 is 23.3 Å². The number of nitrogens with two attached hydrogens (primary N) is 1. The van der Waals surface area contributed by atoms with Crippen molar-refractivity contribution < 1.29 is 33.2 Å². The van der Waals surface area contributed by atoms with Crippen LogP contribution in [0.5, 0.6) is 23.0 Å². The average molecular weight is 452 g/mol. The molecule has 1 fully saturated rings. The van der Waals surface area contributed by atoms with Crippen molar-refractivity contribution in [2.75, 3.05) is 38.7 Å². The van der Waals surface area contributed by atoms with Crippen LogP contribution in [0.15, 0.2) is 36.4 Å². The van der Waals surface area contributed by atoms with Gasteiger partial charge in [0.25, 0.3) is 0 Å². The first-order chi connectivity index (χ1) is 15.1. The predicted octanol–water partition coefficient (Wildman–Crippen LogP) is 4.34. The van der Waals surface area contributed by atoms with E-state index in [0.717, 1.165) is 19.3 Å². The Morgan fingerprint density at radius 2 is 1.94 bits per heavy atom. The Hall–Kier alpha value is -2.68. The van der Waals surface area contributed by atoms with Crippen molar-refractivity contribution in [1.29, 1.82) is 0 Å². The lowest BCUT2D eigenvalue weighted by Gasteiger charge is -2.23. The van der Waals surface area contributed by atoms with Crippen LogP contribution in [0.1, 0.15) is 29.6 Å². The zero-order valence-electron chi connectivity index (χ0n) is 17.3. The monoisotopic (exact) mass is 451 g/mol. The predicted molar refractivity (Wildman–Crippen MR) is 115 cm³/mol. The van der Waals surface area contributed by atoms with Gasteiger partial charge in [0, 0.05) is 6.61 Å². The molecule has 0 aliphatic carbocycles. The second-order valence-electron chi connectivity index (χ2n) is 6.70. The fourth-order valence-electron chi connectivity index (χ4n) is 3.07. The lowest BCUT2D eigenvalue weighted by atomic mass is 10.1. The molecule has 1 unspecified atom stereocenters. The number of alkyl halides is 1. The Balaban J connectivity index is 1.77. The van der Waals surface area contributed by atoms with Gasteiger partial charge in [0.1, 0.15) is 6.61 Å². The maximum absolute atomic E-state index is 12.0. The third-order valence-electron chi connectivity index (χ3n) is 4.56. The first-order valence-corrected chi connectivity index (χ1v) is 10.5. The van der Waals surface area contributed by atoms with E-state index in [1.54, 1.807) is 24.3 Å². The molecule has 1 atom stereocenters. The Bertz CT molecular complexity index is 871. The van der Waals surface area contributed by atoms with Gasteiger partial charge in [-0.05, 0) is 43.5 Å². The van der Waals surface area contributed by atoms with Crippen LogP contribution in [-0.2, 0) is 14.2 Å². The van der Waals surface area contributed by atoms with E-state index in [1.807, 2.05) is 0 Å². The molecule has 1 heterocycles. The van der Waals surface area contributed by atoms with E-state index in [9.17, 15) is 4.79 Å². The number of benzene rings is 2. The zero-order valence-corrected chi connectivity index (χ0v) is 18.1. The fourth-order valence-corrected chi connectivity index (χ4v) is 3.19. The highest BCUT2D eigenvalue weighted by atomic mass is 35.5. The van der Waals surface area contributed by atoms with Gasteiger partial charge >= 0.3 is 5.97 Å². The highest BCUT2D eigenvalue weighted by Crippen LogP contribution is 2.41. The van der Waals surface area contributed by atoms with Crippen LogP contribution in [0.4, 0.5) is 5.69 Å². The summed E-state index contributed by atoms with van der Waals surface area (Å²) in [7, 11) is 1.29. The molecule has 1 aliphatic rings. The maximum atomic E-state index is 12.0. The Labute approximate surface area is 186 Å². The molecule has 2 N–H and O–H groups in total. The molecule has 2 aromatic carbocycles. The van der Waals surface area contributed by atoms with Crippen molar-refractivity contribution in [3.05, 3.63) is 42.0 Å². The van der Waals surface area contributed by atoms with E-state index in [-0.39, 0.29) is 41.7 Å². The van der Waals surface area contributed by atoms with Crippen LogP contribution in [0.25, 0.3) is 0 Å². The Kier molecular flexibility index (Phi) is 8.63. The standard InChI is InChI=1S/C22H26ClNO7/c1-26-22(25)15-12-16(24)21(31-18-7-3-2-6-17(18)30-14-23)19(13-15)27-10-11-29-20-8-4-5-9-28-20/h2-3,6-7,12-13,20H,4-5,8-11,14,24H2,1H3. The summed E-state index contributed by atoms with van der Waals surface area (Å²) in [6.45, 7) is 1.21. The number of carbonyl (C=O) groups excluding carboxylic acids is 1. The molecular formula is C22H26ClNO7. The van der Waals surface area contributed by atoms with Crippen LogP contribution < -0.4 is 19.9 Å². The van der Waals surface area contributed by atoms with Gasteiger partial charge in [-0.15, -0.1) is 0 Å². The van der Waals surface area contributed by atoms with Gasteiger partial charge in [0.05, 0.1) is 25.0 Å². The maximum Gasteiger partial charge on any atom is 0.338 e. The molecule has 0 aromatic heterocycles. The summed E-state index contributed by atoms with van der Waals surface area (Å²) < 4.78 is 33.3. The lowest BCUT2D eigenvalue weighted by molar-refractivity contribution is -0.165. The van der Waals surface area contributed by atoms with Crippen molar-refractivity contribution in [2.45, 2.75) is 25.6 Å². The van der Waals surface area contributed by atoms with Gasteiger partial charge in [-0.3, -0.25) is 0 Å². The van der Waals surface area contributed by atoms with Crippen molar-refractivity contribution in [2.24, 2.45) is 0 Å². The molecular weight excluding hydrogens is 426 g/mol. The summed E-state index contributed by atoms with van der Waals surface area (Å²) in [4.78, 5) is 12.0. The molecule has 1 aliphatic heterocycles. The van der Waals surface area contributed by atoms with E-state index >= 15 is 0 Å². The van der Waals surface area contributed by atoms with E-state index in [4.69, 9.17) is 45.8 Å². The third-order valence-corrected chi connectivity index (χ3v) is 4.67. The number of hydrogen-bond acceptors (Lipinski definition) is 8. The highest BCUT2D eigenvalue weighted by molar-refractivity contribution is 6.17. The minimum absolute atomic E-state index is 0.0406. The van der Waals surface area contributed by atoms with Gasteiger partial charge in [-0.2, -0.15) is 0 Å². The SMILES string of the molecule is COC(=O)c1cc(N)c(Oc2ccccc2OCCl)c(OCCOC2CCCCO2)c1. The normalized spacial score (nSPS) is 15.9. The Morgan fingerprint density at radius 3 is 2.65 bits per heavy atom. The molecule has 1 saturated heterocycles. The molecule has 0 amide bonds. The molecule has 168 valence electrons. The van der Waals surface area contributed by atoms with Crippen LogP contribution in [-0.4, -0.2) is 45.3 Å². The van der Waals surface area contributed by atoms with Gasteiger partial charge in [0.15, 0.2) is 35.4 Å². The van der Waals surface area contributed by atoms with Crippen molar-refractivity contribution in [3.8, 4) is 23.0 Å². The van der Waals surface area contributed by atoms with Gasteiger partial charge in [-0.1, -0.05) is 23.7 Å². The van der Waals surface area contributed by atoms with Crippen molar-refractivity contribution in [3.63, 3.8) is 0 Å². The number of hydrogen-bond donors (Lipinski definition) is 1. The molecule has 0 spiro atoms. The van der Waals surface area contributed by atoms with E-state index in [1.165, 1.54) is 19.2 Å². The number of methoxy groups -OCH3 is 1. The topological polar surface area (TPSA) is 98.5 Å². The number of carbonyl (C=O) groups is 1. The Morgan fingerprint density at radius 1 is 1.13 bits per heavy atom. The summed E-state index contributed by atoms with van der Waals surface area (Å²) in [6.07, 6.45) is 2.76. The number of nitrogen functional groups attached to an aromatic ring is 1. The molecule has 2 aromatic rings. The second kappa shape index (κ2) is 11.6. The minimum Gasteiger partial charge on any atom is -0.487 e. The molecule has 9 heteroatoms. The highest BCUT2D eigenvalue weighted by Gasteiger charge is 2.19. The summed E-state index contributed by atoms with van der Waals surface area (Å²) in [5, 5.41) is 0. The fraction of sp³-hybridized carbons (Fsp3) is 0.409. The third kappa shape index (κ3) is 6.40. The summed E-state index contributed by atoms with van der Waals surface area (Å²) in [5.74, 6) is 0.817. The molecule has 31 heavy (non-hydrogen) atoms. The zero-order chi connectivity index (χ0) is 22.1.